The number of fused-ring (bicyclic) bond motifs is 1. The lowest BCUT2D eigenvalue weighted by Gasteiger charge is -2.13. The van der Waals surface area contributed by atoms with Crippen molar-refractivity contribution in [3.05, 3.63) is 55.1 Å². The van der Waals surface area contributed by atoms with Crippen LogP contribution in [0.3, 0.4) is 0 Å². The summed E-state index contributed by atoms with van der Waals surface area (Å²) in [6, 6.07) is 9.97. The predicted octanol–water partition coefficient (Wildman–Crippen LogP) is 2.38. The number of aryl methyl sites for hydroxylation is 1. The number of imidazole rings is 1. The summed E-state index contributed by atoms with van der Waals surface area (Å²) in [5.41, 5.74) is 3.77. The zero-order chi connectivity index (χ0) is 19.7. The number of nitrogens with zero attached hydrogens (tertiary/aromatic N) is 5. The standard InChI is InChI=1S/C19H20N6O2S/c1-24(2)28(26,27)12-11-25-10-9-21-19(25)15-5-3-14(4-6-15)16-7-8-20-18-17(16)13-22-23-18/h3-10,13H,11-12H2,1-2H3,(H,20,22,23). The minimum atomic E-state index is -3.26. The molecule has 144 valence electrons. The lowest BCUT2D eigenvalue weighted by atomic mass is 10.0. The lowest BCUT2D eigenvalue weighted by Crippen LogP contribution is -2.27. The molecule has 3 aromatic heterocycles. The second-order valence-corrected chi connectivity index (χ2v) is 8.91. The fraction of sp³-hybridized carbons (Fsp3) is 0.211. The van der Waals surface area contributed by atoms with Gasteiger partial charge < -0.3 is 4.57 Å². The van der Waals surface area contributed by atoms with E-state index in [2.05, 4.69) is 20.2 Å². The summed E-state index contributed by atoms with van der Waals surface area (Å²) in [6.07, 6.45) is 7.00. The minimum absolute atomic E-state index is 0.0247. The summed E-state index contributed by atoms with van der Waals surface area (Å²) in [5, 5.41) is 7.90. The van der Waals surface area contributed by atoms with E-state index in [0.29, 0.717) is 6.54 Å². The van der Waals surface area contributed by atoms with E-state index in [1.54, 1.807) is 38.9 Å². The third kappa shape index (κ3) is 3.41. The number of hydrogen-bond acceptors (Lipinski definition) is 5. The molecule has 8 nitrogen and oxygen atoms in total. The summed E-state index contributed by atoms with van der Waals surface area (Å²) in [4.78, 5) is 8.67. The number of rotatable bonds is 6. The van der Waals surface area contributed by atoms with Crippen LogP contribution in [0, 0.1) is 0 Å². The van der Waals surface area contributed by atoms with Crippen molar-refractivity contribution in [1.29, 1.82) is 0 Å². The van der Waals surface area contributed by atoms with E-state index in [4.69, 9.17) is 0 Å². The van der Waals surface area contributed by atoms with E-state index in [-0.39, 0.29) is 5.75 Å². The van der Waals surface area contributed by atoms with Gasteiger partial charge in [-0.1, -0.05) is 24.3 Å². The molecule has 0 fully saturated rings. The number of aromatic amines is 1. The van der Waals surface area contributed by atoms with Crippen molar-refractivity contribution >= 4 is 21.1 Å². The Morgan fingerprint density at radius 2 is 1.79 bits per heavy atom. The topological polar surface area (TPSA) is 96.8 Å². The monoisotopic (exact) mass is 396 g/mol. The molecule has 0 saturated carbocycles. The first-order valence-corrected chi connectivity index (χ1v) is 10.4. The highest BCUT2D eigenvalue weighted by atomic mass is 32.2. The van der Waals surface area contributed by atoms with Gasteiger partial charge >= 0.3 is 0 Å². The number of nitrogens with one attached hydrogen (secondary N) is 1. The number of pyridine rings is 1. The van der Waals surface area contributed by atoms with Crippen LogP contribution in [-0.2, 0) is 16.6 Å². The smallest absolute Gasteiger partial charge is 0.215 e. The molecule has 0 unspecified atom stereocenters. The van der Waals surface area contributed by atoms with Crippen LogP contribution in [0.1, 0.15) is 0 Å². The van der Waals surface area contributed by atoms with E-state index in [1.807, 2.05) is 34.9 Å². The summed E-state index contributed by atoms with van der Waals surface area (Å²) < 4.78 is 27.2. The van der Waals surface area contributed by atoms with Gasteiger partial charge in [0, 0.05) is 50.2 Å². The number of benzene rings is 1. The van der Waals surface area contributed by atoms with Gasteiger partial charge in [-0.3, -0.25) is 5.10 Å². The van der Waals surface area contributed by atoms with E-state index in [0.717, 1.165) is 33.5 Å². The molecule has 0 bridgehead atoms. The molecule has 9 heteroatoms. The van der Waals surface area contributed by atoms with Crippen molar-refractivity contribution in [2.24, 2.45) is 0 Å². The maximum atomic E-state index is 12.0. The Balaban J connectivity index is 1.60. The van der Waals surface area contributed by atoms with Gasteiger partial charge in [-0.25, -0.2) is 22.7 Å². The first-order valence-electron chi connectivity index (χ1n) is 8.76. The summed E-state index contributed by atoms with van der Waals surface area (Å²) in [7, 11) is -0.180. The van der Waals surface area contributed by atoms with Crippen LogP contribution in [0.15, 0.2) is 55.1 Å². The van der Waals surface area contributed by atoms with Crippen molar-refractivity contribution in [3.8, 4) is 22.5 Å². The van der Waals surface area contributed by atoms with Crippen LogP contribution < -0.4 is 0 Å². The number of hydrogen-bond donors (Lipinski definition) is 1. The molecule has 28 heavy (non-hydrogen) atoms. The third-order valence-electron chi connectivity index (χ3n) is 4.67. The molecule has 0 aliphatic carbocycles. The molecule has 1 N–H and O–H groups in total. The molecule has 4 rings (SSSR count). The summed E-state index contributed by atoms with van der Waals surface area (Å²) in [5.74, 6) is 0.764. The Labute approximate surface area is 162 Å². The SMILES string of the molecule is CN(C)S(=O)(=O)CCn1ccnc1-c1ccc(-c2ccnc3[nH]ncc23)cc1. The largest absolute Gasteiger partial charge is 0.330 e. The highest BCUT2D eigenvalue weighted by Gasteiger charge is 2.15. The zero-order valence-electron chi connectivity index (χ0n) is 15.6. The first-order chi connectivity index (χ1) is 13.5. The van der Waals surface area contributed by atoms with Crippen molar-refractivity contribution in [2.75, 3.05) is 19.8 Å². The van der Waals surface area contributed by atoms with Crippen molar-refractivity contribution in [3.63, 3.8) is 0 Å². The number of sulfonamides is 1. The Hall–Kier alpha value is -3.04. The Morgan fingerprint density at radius 3 is 2.54 bits per heavy atom. The predicted molar refractivity (Wildman–Crippen MR) is 108 cm³/mol. The molecule has 0 amide bonds. The average Bonchev–Trinajstić information content (AvgIpc) is 3.35. The van der Waals surface area contributed by atoms with Crippen LogP contribution in [-0.4, -0.2) is 57.3 Å². The van der Waals surface area contributed by atoms with Crippen LogP contribution in [0.2, 0.25) is 0 Å². The normalized spacial score (nSPS) is 12.1. The average molecular weight is 396 g/mol. The third-order valence-corrected chi connectivity index (χ3v) is 6.48. The Bertz CT molecular complexity index is 1210. The highest BCUT2D eigenvalue weighted by molar-refractivity contribution is 7.89. The van der Waals surface area contributed by atoms with Gasteiger partial charge in [0.15, 0.2) is 5.65 Å². The molecule has 0 atom stereocenters. The van der Waals surface area contributed by atoms with E-state index < -0.39 is 10.0 Å². The maximum Gasteiger partial charge on any atom is 0.215 e. The maximum absolute atomic E-state index is 12.0. The van der Waals surface area contributed by atoms with Crippen molar-refractivity contribution in [1.82, 2.24) is 29.0 Å². The fourth-order valence-electron chi connectivity index (χ4n) is 3.05. The van der Waals surface area contributed by atoms with Crippen molar-refractivity contribution in [2.45, 2.75) is 6.54 Å². The van der Waals surface area contributed by atoms with Gasteiger partial charge in [-0.05, 0) is 17.2 Å². The number of aromatic nitrogens is 5. The molecule has 0 radical (unpaired) electrons. The van der Waals surface area contributed by atoms with Gasteiger partial charge in [-0.2, -0.15) is 5.10 Å². The van der Waals surface area contributed by atoms with Crippen LogP contribution in [0.25, 0.3) is 33.5 Å². The number of H-pyrrole nitrogens is 1. The van der Waals surface area contributed by atoms with E-state index in [1.165, 1.54) is 4.31 Å². The Kier molecular flexibility index (Phi) is 4.70. The van der Waals surface area contributed by atoms with E-state index >= 15 is 0 Å². The summed E-state index contributed by atoms with van der Waals surface area (Å²) >= 11 is 0. The molecule has 0 aliphatic heterocycles. The Morgan fingerprint density at radius 1 is 1.04 bits per heavy atom. The zero-order valence-corrected chi connectivity index (χ0v) is 16.4. The van der Waals surface area contributed by atoms with E-state index in [9.17, 15) is 8.42 Å². The van der Waals surface area contributed by atoms with Gasteiger partial charge in [0.2, 0.25) is 10.0 Å². The van der Waals surface area contributed by atoms with Crippen molar-refractivity contribution < 1.29 is 8.42 Å². The molecule has 0 aliphatic rings. The van der Waals surface area contributed by atoms with Gasteiger partial charge in [0.25, 0.3) is 0 Å². The van der Waals surface area contributed by atoms with Gasteiger partial charge in [-0.15, -0.1) is 0 Å². The second kappa shape index (κ2) is 7.17. The molecule has 0 saturated heterocycles. The second-order valence-electron chi connectivity index (χ2n) is 6.61. The fourth-order valence-corrected chi connectivity index (χ4v) is 3.84. The van der Waals surface area contributed by atoms with Gasteiger partial charge in [0.1, 0.15) is 5.82 Å². The van der Waals surface area contributed by atoms with Crippen LogP contribution in [0.4, 0.5) is 0 Å². The summed E-state index contributed by atoms with van der Waals surface area (Å²) in [6.45, 7) is 0.345. The van der Waals surface area contributed by atoms with Crippen LogP contribution in [0.5, 0.6) is 0 Å². The molecule has 4 aromatic rings. The molecule has 3 heterocycles. The van der Waals surface area contributed by atoms with Gasteiger partial charge in [0.05, 0.1) is 11.9 Å². The molecular weight excluding hydrogens is 376 g/mol. The lowest BCUT2D eigenvalue weighted by molar-refractivity contribution is 0.515. The van der Waals surface area contributed by atoms with Crippen LogP contribution >= 0.6 is 0 Å². The highest BCUT2D eigenvalue weighted by Crippen LogP contribution is 2.28. The molecule has 1 aromatic carbocycles. The molecular formula is C19H20N6O2S. The first kappa shape index (κ1) is 18.3. The minimum Gasteiger partial charge on any atom is -0.330 e. The quantitative estimate of drug-likeness (QED) is 0.540. The molecule has 0 spiro atoms.